The van der Waals surface area contributed by atoms with Crippen LogP contribution in [0.15, 0.2) is 17.5 Å². The normalized spacial score (nSPS) is 10.7. The van der Waals surface area contributed by atoms with Gasteiger partial charge in [-0.25, -0.2) is 0 Å². The minimum atomic E-state index is -0.144. The van der Waals surface area contributed by atoms with Gasteiger partial charge in [-0.2, -0.15) is 0 Å². The van der Waals surface area contributed by atoms with E-state index in [1.54, 1.807) is 11.0 Å². The lowest BCUT2D eigenvalue weighted by molar-refractivity contribution is -0.134. The Hall–Kier alpha value is -1.40. The van der Waals surface area contributed by atoms with Gasteiger partial charge in [0.15, 0.2) is 0 Å². The highest BCUT2D eigenvalue weighted by atomic mass is 32.1. The molecule has 0 bridgehead atoms. The third-order valence-electron chi connectivity index (χ3n) is 3.41. The quantitative estimate of drug-likeness (QED) is 0.731. The van der Waals surface area contributed by atoms with Crippen molar-refractivity contribution >= 4 is 23.2 Å². The smallest absolute Gasteiger partial charge is 0.261 e. The molecule has 1 aromatic rings. The molecule has 1 rings (SSSR count). The Morgan fingerprint density at radius 3 is 2.62 bits per heavy atom. The summed E-state index contributed by atoms with van der Waals surface area (Å²) in [5, 5.41) is 13.7. The Balaban J connectivity index is 2.44. The summed E-state index contributed by atoms with van der Waals surface area (Å²) in [5.41, 5.74) is 0. The van der Waals surface area contributed by atoms with Crippen LogP contribution in [0.1, 0.15) is 42.8 Å². The van der Waals surface area contributed by atoms with Crippen LogP contribution in [-0.2, 0) is 4.79 Å². The van der Waals surface area contributed by atoms with Crippen molar-refractivity contribution in [1.82, 2.24) is 10.2 Å². The van der Waals surface area contributed by atoms with Crippen LogP contribution in [-0.4, -0.2) is 47.6 Å². The van der Waals surface area contributed by atoms with Crippen molar-refractivity contribution in [2.24, 2.45) is 0 Å². The molecular formula is C15H24N2O3S. The zero-order valence-corrected chi connectivity index (χ0v) is 13.5. The molecule has 1 aromatic heterocycles. The van der Waals surface area contributed by atoms with Gasteiger partial charge in [0.2, 0.25) is 5.91 Å². The number of nitrogens with zero attached hydrogens (tertiary/aromatic N) is 1. The minimum Gasteiger partial charge on any atom is -0.395 e. The SMILES string of the molecule is CCC(CC)N(CCO)C(=O)CCNC(=O)c1cccs1. The second-order valence-electron chi connectivity index (χ2n) is 4.76. The van der Waals surface area contributed by atoms with Crippen molar-refractivity contribution in [3.05, 3.63) is 22.4 Å². The first-order valence-electron chi connectivity index (χ1n) is 7.36. The molecule has 5 nitrogen and oxygen atoms in total. The van der Waals surface area contributed by atoms with E-state index in [1.807, 2.05) is 25.3 Å². The van der Waals surface area contributed by atoms with Gasteiger partial charge in [-0.15, -0.1) is 11.3 Å². The summed E-state index contributed by atoms with van der Waals surface area (Å²) in [6, 6.07) is 3.72. The number of nitrogens with one attached hydrogen (secondary N) is 1. The summed E-state index contributed by atoms with van der Waals surface area (Å²) in [5.74, 6) is -0.168. The lowest BCUT2D eigenvalue weighted by atomic mass is 10.1. The van der Waals surface area contributed by atoms with E-state index in [9.17, 15) is 9.59 Å². The van der Waals surface area contributed by atoms with Gasteiger partial charge in [-0.3, -0.25) is 9.59 Å². The Morgan fingerprint density at radius 2 is 2.10 bits per heavy atom. The molecule has 0 aliphatic heterocycles. The van der Waals surface area contributed by atoms with Gasteiger partial charge >= 0.3 is 0 Å². The summed E-state index contributed by atoms with van der Waals surface area (Å²) in [4.78, 5) is 26.4. The van der Waals surface area contributed by atoms with E-state index in [0.29, 0.717) is 18.0 Å². The molecule has 0 saturated heterocycles. The van der Waals surface area contributed by atoms with Crippen LogP contribution in [0.4, 0.5) is 0 Å². The molecule has 1 heterocycles. The van der Waals surface area contributed by atoms with Gasteiger partial charge in [0, 0.05) is 25.6 Å². The molecular weight excluding hydrogens is 288 g/mol. The van der Waals surface area contributed by atoms with E-state index < -0.39 is 0 Å². The Bertz CT molecular complexity index is 430. The third-order valence-corrected chi connectivity index (χ3v) is 4.28. The zero-order chi connectivity index (χ0) is 15.7. The van der Waals surface area contributed by atoms with Crippen LogP contribution >= 0.6 is 11.3 Å². The van der Waals surface area contributed by atoms with Gasteiger partial charge < -0.3 is 15.3 Å². The fraction of sp³-hybridized carbons (Fsp3) is 0.600. The summed E-state index contributed by atoms with van der Waals surface area (Å²) in [6.07, 6.45) is 1.99. The molecule has 0 radical (unpaired) electrons. The Morgan fingerprint density at radius 1 is 1.38 bits per heavy atom. The molecule has 6 heteroatoms. The lowest BCUT2D eigenvalue weighted by Gasteiger charge is -2.30. The maximum absolute atomic E-state index is 12.2. The van der Waals surface area contributed by atoms with Crippen LogP contribution in [0.3, 0.4) is 0 Å². The number of carbonyl (C=O) groups excluding carboxylic acids is 2. The van der Waals surface area contributed by atoms with Crippen LogP contribution in [0, 0.1) is 0 Å². The Kier molecular flexibility index (Phi) is 8.00. The second kappa shape index (κ2) is 9.52. The standard InChI is InChI=1S/C15H24N2O3S/c1-3-12(4-2)17(9-10-18)14(19)7-8-16-15(20)13-6-5-11-21-13/h5-6,11-12,18H,3-4,7-10H2,1-2H3,(H,16,20). The van der Waals surface area contributed by atoms with E-state index in [0.717, 1.165) is 12.8 Å². The van der Waals surface area contributed by atoms with Crippen molar-refractivity contribution in [2.75, 3.05) is 19.7 Å². The van der Waals surface area contributed by atoms with Crippen molar-refractivity contribution in [1.29, 1.82) is 0 Å². The predicted octanol–water partition coefficient (Wildman–Crippen LogP) is 1.88. The number of thiophene rings is 1. The third kappa shape index (κ3) is 5.47. The monoisotopic (exact) mass is 312 g/mol. The molecule has 0 saturated carbocycles. The minimum absolute atomic E-state index is 0.0239. The molecule has 21 heavy (non-hydrogen) atoms. The molecule has 0 spiro atoms. The molecule has 0 atom stereocenters. The van der Waals surface area contributed by atoms with Crippen molar-refractivity contribution in [3.63, 3.8) is 0 Å². The molecule has 0 aliphatic rings. The van der Waals surface area contributed by atoms with E-state index in [2.05, 4.69) is 5.32 Å². The number of aliphatic hydroxyl groups is 1. The van der Waals surface area contributed by atoms with Crippen LogP contribution in [0.25, 0.3) is 0 Å². The van der Waals surface area contributed by atoms with Crippen LogP contribution in [0.2, 0.25) is 0 Å². The first-order valence-corrected chi connectivity index (χ1v) is 8.24. The van der Waals surface area contributed by atoms with Crippen molar-refractivity contribution in [3.8, 4) is 0 Å². The molecule has 0 unspecified atom stereocenters. The summed E-state index contributed by atoms with van der Waals surface area (Å²) in [7, 11) is 0. The summed E-state index contributed by atoms with van der Waals surface area (Å²) >= 11 is 1.38. The van der Waals surface area contributed by atoms with Crippen LogP contribution in [0.5, 0.6) is 0 Å². The van der Waals surface area contributed by atoms with Crippen LogP contribution < -0.4 is 5.32 Å². The van der Waals surface area contributed by atoms with Crippen molar-refractivity contribution in [2.45, 2.75) is 39.2 Å². The van der Waals surface area contributed by atoms with Crippen molar-refractivity contribution < 1.29 is 14.7 Å². The number of carbonyl (C=O) groups is 2. The number of hydrogen-bond donors (Lipinski definition) is 2. The Labute approximate surface area is 130 Å². The van der Waals surface area contributed by atoms with E-state index in [1.165, 1.54) is 11.3 Å². The highest BCUT2D eigenvalue weighted by Gasteiger charge is 2.20. The average molecular weight is 312 g/mol. The number of hydrogen-bond acceptors (Lipinski definition) is 4. The maximum atomic E-state index is 12.2. The molecule has 2 amide bonds. The van der Waals surface area contributed by atoms with Gasteiger partial charge in [-0.05, 0) is 24.3 Å². The van der Waals surface area contributed by atoms with Gasteiger partial charge in [0.1, 0.15) is 0 Å². The molecule has 0 aliphatic carbocycles. The van der Waals surface area contributed by atoms with Gasteiger partial charge in [0.05, 0.1) is 11.5 Å². The average Bonchev–Trinajstić information content (AvgIpc) is 3.01. The molecule has 0 aromatic carbocycles. The van der Waals surface area contributed by atoms with E-state index >= 15 is 0 Å². The molecule has 0 fully saturated rings. The number of amides is 2. The first-order chi connectivity index (χ1) is 10.1. The lowest BCUT2D eigenvalue weighted by Crippen LogP contribution is -2.42. The first kappa shape index (κ1) is 17.7. The zero-order valence-electron chi connectivity index (χ0n) is 12.7. The maximum Gasteiger partial charge on any atom is 0.261 e. The van der Waals surface area contributed by atoms with E-state index in [-0.39, 0.29) is 30.9 Å². The summed E-state index contributed by atoms with van der Waals surface area (Å²) in [6.45, 7) is 4.69. The fourth-order valence-corrected chi connectivity index (χ4v) is 2.91. The largest absolute Gasteiger partial charge is 0.395 e. The highest BCUT2D eigenvalue weighted by molar-refractivity contribution is 7.12. The highest BCUT2D eigenvalue weighted by Crippen LogP contribution is 2.10. The molecule has 2 N–H and O–H groups in total. The predicted molar refractivity (Wildman–Crippen MR) is 84.4 cm³/mol. The topological polar surface area (TPSA) is 69.6 Å². The summed E-state index contributed by atoms with van der Waals surface area (Å²) < 4.78 is 0. The molecule has 118 valence electrons. The van der Waals surface area contributed by atoms with E-state index in [4.69, 9.17) is 5.11 Å². The second-order valence-corrected chi connectivity index (χ2v) is 5.71. The number of rotatable bonds is 9. The van der Waals surface area contributed by atoms with Gasteiger partial charge in [-0.1, -0.05) is 19.9 Å². The number of aliphatic hydroxyl groups excluding tert-OH is 1. The van der Waals surface area contributed by atoms with Gasteiger partial charge in [0.25, 0.3) is 5.91 Å². The fourth-order valence-electron chi connectivity index (χ4n) is 2.27.